The van der Waals surface area contributed by atoms with Crippen molar-refractivity contribution in [2.24, 2.45) is 7.05 Å². The summed E-state index contributed by atoms with van der Waals surface area (Å²) in [5.41, 5.74) is 2.59. The van der Waals surface area contributed by atoms with Crippen LogP contribution in [0.2, 0.25) is 0 Å². The molecule has 19 heavy (non-hydrogen) atoms. The molecule has 0 unspecified atom stereocenters. The molecule has 2 rings (SSSR count). The van der Waals surface area contributed by atoms with Crippen LogP contribution in [0.15, 0.2) is 18.2 Å². The second-order valence-corrected chi connectivity index (χ2v) is 4.90. The fourth-order valence-corrected chi connectivity index (χ4v) is 1.81. The molecule has 2 heterocycles. The van der Waals surface area contributed by atoms with Crippen LogP contribution in [0.3, 0.4) is 0 Å². The Morgan fingerprint density at radius 3 is 2.58 bits per heavy atom. The molecule has 0 aliphatic rings. The smallest absolute Gasteiger partial charge is 0.221 e. The van der Waals surface area contributed by atoms with Crippen LogP contribution in [0, 0.1) is 6.92 Å². The molecule has 0 aliphatic carbocycles. The van der Waals surface area contributed by atoms with E-state index < -0.39 is 0 Å². The molecular formula is C14H19N3O2. The van der Waals surface area contributed by atoms with E-state index in [1.54, 1.807) is 10.7 Å². The van der Waals surface area contributed by atoms with Gasteiger partial charge in [0, 0.05) is 24.9 Å². The van der Waals surface area contributed by atoms with Crippen LogP contribution in [0.25, 0.3) is 0 Å². The van der Waals surface area contributed by atoms with Crippen LogP contribution in [-0.4, -0.2) is 19.9 Å². The second kappa shape index (κ2) is 5.40. The topological polar surface area (TPSA) is 60.2 Å². The van der Waals surface area contributed by atoms with Crippen LogP contribution in [0.5, 0.6) is 11.8 Å². The Morgan fingerprint density at radius 1 is 1.32 bits per heavy atom. The largest absolute Gasteiger partial charge is 0.421 e. The number of hydrogen-bond donors (Lipinski definition) is 1. The molecule has 2 aromatic heterocycles. The number of nitrogens with zero attached hydrogens (tertiary/aromatic N) is 3. The highest BCUT2D eigenvalue weighted by Gasteiger charge is 2.10. The quantitative estimate of drug-likeness (QED) is 0.918. The van der Waals surface area contributed by atoms with E-state index in [1.807, 2.05) is 26.1 Å². The third kappa shape index (κ3) is 3.12. The summed E-state index contributed by atoms with van der Waals surface area (Å²) in [5, 5.41) is 13.5. The first-order valence-electron chi connectivity index (χ1n) is 6.30. The van der Waals surface area contributed by atoms with Gasteiger partial charge in [-0.15, -0.1) is 0 Å². The minimum atomic E-state index is -0.0248. The van der Waals surface area contributed by atoms with Crippen molar-refractivity contribution < 1.29 is 9.84 Å². The van der Waals surface area contributed by atoms with Gasteiger partial charge in [0.15, 0.2) is 0 Å². The van der Waals surface area contributed by atoms with Crippen LogP contribution in [0.4, 0.5) is 0 Å². The number of aromatic nitrogens is 3. The summed E-state index contributed by atoms with van der Waals surface area (Å²) < 4.78 is 7.41. The fraction of sp³-hybridized carbons (Fsp3) is 0.429. The van der Waals surface area contributed by atoms with Crippen molar-refractivity contribution in [3.63, 3.8) is 0 Å². The Balaban J connectivity index is 2.34. The maximum Gasteiger partial charge on any atom is 0.221 e. The predicted molar refractivity (Wildman–Crippen MR) is 72.3 cm³/mol. The van der Waals surface area contributed by atoms with Gasteiger partial charge in [0.25, 0.3) is 0 Å². The zero-order chi connectivity index (χ0) is 14.0. The molecule has 0 saturated carbocycles. The lowest BCUT2D eigenvalue weighted by atomic mass is 10.1. The third-order valence-electron chi connectivity index (χ3n) is 2.82. The van der Waals surface area contributed by atoms with E-state index >= 15 is 0 Å². The van der Waals surface area contributed by atoms with Crippen molar-refractivity contribution >= 4 is 0 Å². The molecule has 5 heteroatoms. The number of hydrogen-bond acceptors (Lipinski definition) is 4. The molecule has 0 atom stereocenters. The van der Waals surface area contributed by atoms with Crippen LogP contribution < -0.4 is 4.74 Å². The molecule has 5 nitrogen and oxygen atoms in total. The van der Waals surface area contributed by atoms with E-state index in [2.05, 4.69) is 23.9 Å². The molecule has 0 aromatic carbocycles. The van der Waals surface area contributed by atoms with E-state index in [1.165, 1.54) is 0 Å². The summed E-state index contributed by atoms with van der Waals surface area (Å²) in [4.78, 5) is 4.45. The van der Waals surface area contributed by atoms with Gasteiger partial charge in [-0.3, -0.25) is 0 Å². The summed E-state index contributed by atoms with van der Waals surface area (Å²) >= 11 is 0. The van der Waals surface area contributed by atoms with Crippen molar-refractivity contribution in [1.82, 2.24) is 14.8 Å². The number of ether oxygens (including phenoxy) is 1. The summed E-state index contributed by atoms with van der Waals surface area (Å²) in [6, 6.07) is 5.49. The third-order valence-corrected chi connectivity index (χ3v) is 2.82. The molecule has 0 bridgehead atoms. The summed E-state index contributed by atoms with van der Waals surface area (Å²) in [7, 11) is 1.82. The molecule has 0 aliphatic heterocycles. The van der Waals surface area contributed by atoms with Crippen LogP contribution in [0.1, 0.15) is 36.7 Å². The van der Waals surface area contributed by atoms with E-state index in [0.29, 0.717) is 11.8 Å². The fourth-order valence-electron chi connectivity index (χ4n) is 1.81. The Labute approximate surface area is 112 Å². The predicted octanol–water partition coefficient (Wildman–Crippen LogP) is 2.53. The standard InChI is InChI=1S/C14H19N3O2/c1-9(2)12-6-11(8-18)7-13(15-12)19-14-5-10(3)16-17(14)4/h5-7,9,18H,8H2,1-4H3. The van der Waals surface area contributed by atoms with Gasteiger partial charge in [0.1, 0.15) is 0 Å². The lowest BCUT2D eigenvalue weighted by Crippen LogP contribution is -2.01. The van der Waals surface area contributed by atoms with E-state index in [0.717, 1.165) is 17.0 Å². The van der Waals surface area contributed by atoms with E-state index in [-0.39, 0.29) is 12.5 Å². The van der Waals surface area contributed by atoms with Crippen molar-refractivity contribution in [1.29, 1.82) is 0 Å². The molecular weight excluding hydrogens is 242 g/mol. The van der Waals surface area contributed by atoms with Crippen molar-refractivity contribution in [2.45, 2.75) is 33.3 Å². The van der Waals surface area contributed by atoms with Crippen molar-refractivity contribution in [2.75, 3.05) is 0 Å². The average molecular weight is 261 g/mol. The lowest BCUT2D eigenvalue weighted by Gasteiger charge is -2.10. The molecule has 0 radical (unpaired) electrons. The minimum absolute atomic E-state index is 0.0248. The monoisotopic (exact) mass is 261 g/mol. The molecule has 1 N–H and O–H groups in total. The molecule has 0 fully saturated rings. The average Bonchev–Trinajstić information content (AvgIpc) is 2.67. The van der Waals surface area contributed by atoms with Crippen molar-refractivity contribution in [3.05, 3.63) is 35.2 Å². The Bertz CT molecular complexity index is 576. The van der Waals surface area contributed by atoms with Gasteiger partial charge in [0.05, 0.1) is 12.3 Å². The number of aliphatic hydroxyl groups is 1. The first-order valence-corrected chi connectivity index (χ1v) is 6.30. The summed E-state index contributed by atoms with van der Waals surface area (Å²) in [5.74, 6) is 1.40. The van der Waals surface area contributed by atoms with Gasteiger partial charge in [-0.05, 0) is 24.5 Å². The number of pyridine rings is 1. The first kappa shape index (κ1) is 13.5. The maximum atomic E-state index is 9.29. The molecule has 0 spiro atoms. The van der Waals surface area contributed by atoms with Gasteiger partial charge in [0.2, 0.25) is 11.8 Å². The zero-order valence-corrected chi connectivity index (χ0v) is 11.7. The summed E-state index contributed by atoms with van der Waals surface area (Å²) in [6.07, 6.45) is 0. The minimum Gasteiger partial charge on any atom is -0.421 e. The second-order valence-electron chi connectivity index (χ2n) is 4.90. The van der Waals surface area contributed by atoms with Gasteiger partial charge < -0.3 is 9.84 Å². The lowest BCUT2D eigenvalue weighted by molar-refractivity contribution is 0.280. The summed E-state index contributed by atoms with van der Waals surface area (Å²) in [6.45, 7) is 6.00. The van der Waals surface area contributed by atoms with E-state index in [9.17, 15) is 5.11 Å². The highest BCUT2D eigenvalue weighted by Crippen LogP contribution is 2.24. The van der Waals surface area contributed by atoms with Gasteiger partial charge >= 0.3 is 0 Å². The Morgan fingerprint density at radius 2 is 2.05 bits per heavy atom. The van der Waals surface area contributed by atoms with Gasteiger partial charge in [-0.2, -0.15) is 5.10 Å². The highest BCUT2D eigenvalue weighted by molar-refractivity contribution is 5.29. The zero-order valence-electron chi connectivity index (χ0n) is 11.7. The number of aryl methyl sites for hydroxylation is 2. The highest BCUT2D eigenvalue weighted by atomic mass is 16.5. The Hall–Kier alpha value is -1.88. The van der Waals surface area contributed by atoms with Gasteiger partial charge in [-0.25, -0.2) is 9.67 Å². The SMILES string of the molecule is Cc1cc(Oc2cc(CO)cc(C(C)C)n2)n(C)n1. The maximum absolute atomic E-state index is 9.29. The number of rotatable bonds is 4. The van der Waals surface area contributed by atoms with Crippen LogP contribution >= 0.6 is 0 Å². The molecule has 0 amide bonds. The van der Waals surface area contributed by atoms with Gasteiger partial charge in [-0.1, -0.05) is 13.8 Å². The molecule has 102 valence electrons. The first-order chi connectivity index (χ1) is 8.99. The van der Waals surface area contributed by atoms with Crippen molar-refractivity contribution in [3.8, 4) is 11.8 Å². The van der Waals surface area contributed by atoms with E-state index in [4.69, 9.17) is 4.74 Å². The molecule has 0 saturated heterocycles. The number of aliphatic hydroxyl groups excluding tert-OH is 1. The molecule has 2 aromatic rings. The van der Waals surface area contributed by atoms with Crippen LogP contribution in [-0.2, 0) is 13.7 Å². The normalized spacial score (nSPS) is 11.1. The Kier molecular flexibility index (Phi) is 3.85.